The van der Waals surface area contributed by atoms with Gasteiger partial charge in [-0.2, -0.15) is 0 Å². The maximum absolute atomic E-state index is 5.54. The molecule has 0 saturated carbocycles. The fourth-order valence-electron chi connectivity index (χ4n) is 1.71. The first-order valence-corrected chi connectivity index (χ1v) is 5.63. The van der Waals surface area contributed by atoms with E-state index in [2.05, 4.69) is 37.5 Å². The van der Waals surface area contributed by atoms with Crippen LogP contribution in [0.2, 0.25) is 0 Å². The molecular weight excluding hydrogens is 200 g/mol. The molecule has 0 amide bonds. The number of ether oxygens (including phenoxy) is 1. The third kappa shape index (κ3) is 3.30. The molecule has 0 saturated heterocycles. The average molecular weight is 222 g/mol. The predicted octanol–water partition coefficient (Wildman–Crippen LogP) is 1.71. The first-order valence-electron chi connectivity index (χ1n) is 5.63. The van der Waals surface area contributed by atoms with Crippen LogP contribution in [0.3, 0.4) is 0 Å². The Hall–Kier alpha value is -0.900. The van der Waals surface area contributed by atoms with Crippen LogP contribution in [-0.4, -0.2) is 19.3 Å². The van der Waals surface area contributed by atoms with Gasteiger partial charge in [0.15, 0.2) is 0 Å². The van der Waals surface area contributed by atoms with Crippen LogP contribution >= 0.6 is 0 Å². The van der Waals surface area contributed by atoms with Crippen LogP contribution < -0.4 is 11.3 Å². The third-order valence-corrected chi connectivity index (χ3v) is 3.18. The number of nitrogens with one attached hydrogen (secondary N) is 1. The summed E-state index contributed by atoms with van der Waals surface area (Å²) in [7, 11) is 1.70. The van der Waals surface area contributed by atoms with Crippen molar-refractivity contribution in [3.8, 4) is 0 Å². The highest BCUT2D eigenvalue weighted by atomic mass is 16.5. The Labute approximate surface area is 98.0 Å². The Morgan fingerprint density at radius 1 is 1.31 bits per heavy atom. The smallest absolute Gasteiger partial charge is 0.0712 e. The lowest BCUT2D eigenvalue weighted by Crippen LogP contribution is -2.45. The maximum atomic E-state index is 5.54. The molecule has 1 aromatic carbocycles. The summed E-state index contributed by atoms with van der Waals surface area (Å²) >= 11 is 0. The monoisotopic (exact) mass is 222 g/mol. The van der Waals surface area contributed by atoms with Crippen LogP contribution in [0.25, 0.3) is 0 Å². The minimum atomic E-state index is 0.103. The number of hydrogen-bond acceptors (Lipinski definition) is 3. The van der Waals surface area contributed by atoms with E-state index in [1.165, 1.54) is 16.7 Å². The molecule has 0 spiro atoms. The first-order chi connectivity index (χ1) is 7.58. The summed E-state index contributed by atoms with van der Waals surface area (Å²) in [5, 5.41) is 0. The number of hydrazine groups is 1. The van der Waals surface area contributed by atoms with Gasteiger partial charge >= 0.3 is 0 Å². The second-order valence-corrected chi connectivity index (χ2v) is 4.34. The Kier molecular flexibility index (Phi) is 4.93. The number of benzene rings is 1. The van der Waals surface area contributed by atoms with Gasteiger partial charge in [0.2, 0.25) is 0 Å². The molecule has 2 atom stereocenters. The molecule has 0 aliphatic heterocycles. The second-order valence-electron chi connectivity index (χ2n) is 4.34. The van der Waals surface area contributed by atoms with Crippen molar-refractivity contribution in [2.45, 2.75) is 39.3 Å². The minimum Gasteiger partial charge on any atom is -0.380 e. The van der Waals surface area contributed by atoms with Crippen molar-refractivity contribution in [1.82, 2.24) is 5.43 Å². The summed E-state index contributed by atoms with van der Waals surface area (Å²) in [5.41, 5.74) is 6.74. The third-order valence-electron chi connectivity index (χ3n) is 3.18. The SMILES string of the molecule is COC(C)C(Cc1ccc(C)c(C)c1)NN. The van der Waals surface area contributed by atoms with E-state index < -0.39 is 0 Å². The van der Waals surface area contributed by atoms with Crippen molar-refractivity contribution in [3.05, 3.63) is 34.9 Å². The summed E-state index contributed by atoms with van der Waals surface area (Å²) in [6.07, 6.45) is 0.985. The van der Waals surface area contributed by atoms with E-state index in [1.54, 1.807) is 7.11 Å². The molecule has 90 valence electrons. The highest BCUT2D eigenvalue weighted by Crippen LogP contribution is 2.13. The lowest BCUT2D eigenvalue weighted by Gasteiger charge is -2.22. The normalized spacial score (nSPS) is 14.8. The van der Waals surface area contributed by atoms with Gasteiger partial charge in [0.05, 0.1) is 12.1 Å². The zero-order valence-corrected chi connectivity index (χ0v) is 10.6. The lowest BCUT2D eigenvalue weighted by atomic mass is 9.99. The summed E-state index contributed by atoms with van der Waals surface area (Å²) < 4.78 is 5.29. The van der Waals surface area contributed by atoms with Crippen molar-refractivity contribution in [2.75, 3.05) is 7.11 Å². The molecule has 0 aliphatic carbocycles. The zero-order chi connectivity index (χ0) is 12.1. The topological polar surface area (TPSA) is 47.3 Å². The molecule has 3 heteroatoms. The summed E-state index contributed by atoms with van der Waals surface area (Å²) in [6, 6.07) is 6.65. The molecule has 3 N–H and O–H groups in total. The zero-order valence-electron chi connectivity index (χ0n) is 10.6. The quantitative estimate of drug-likeness (QED) is 0.589. The van der Waals surface area contributed by atoms with Crippen LogP contribution in [0.1, 0.15) is 23.6 Å². The van der Waals surface area contributed by atoms with Gasteiger partial charge in [-0.15, -0.1) is 0 Å². The second kappa shape index (κ2) is 5.99. The van der Waals surface area contributed by atoms with Crippen LogP contribution in [0, 0.1) is 13.8 Å². The van der Waals surface area contributed by atoms with Crippen molar-refractivity contribution < 1.29 is 4.74 Å². The van der Waals surface area contributed by atoms with Crippen molar-refractivity contribution in [3.63, 3.8) is 0 Å². The van der Waals surface area contributed by atoms with E-state index >= 15 is 0 Å². The largest absolute Gasteiger partial charge is 0.380 e. The van der Waals surface area contributed by atoms with Crippen LogP contribution in [0.4, 0.5) is 0 Å². The lowest BCUT2D eigenvalue weighted by molar-refractivity contribution is 0.0831. The summed E-state index contributed by atoms with van der Waals surface area (Å²) in [5.74, 6) is 5.54. The number of aryl methyl sites for hydroxylation is 2. The van der Waals surface area contributed by atoms with Crippen LogP contribution in [0.5, 0.6) is 0 Å². The summed E-state index contributed by atoms with van der Waals surface area (Å²) in [4.78, 5) is 0. The van der Waals surface area contributed by atoms with E-state index in [1.807, 2.05) is 6.92 Å². The van der Waals surface area contributed by atoms with Gasteiger partial charge in [0.25, 0.3) is 0 Å². The first kappa shape index (κ1) is 13.2. The molecule has 0 aromatic heterocycles. The fourth-order valence-corrected chi connectivity index (χ4v) is 1.71. The number of hydrogen-bond donors (Lipinski definition) is 2. The van der Waals surface area contributed by atoms with Gasteiger partial charge in [0, 0.05) is 7.11 Å². The average Bonchev–Trinajstić information content (AvgIpc) is 2.29. The fraction of sp³-hybridized carbons (Fsp3) is 0.538. The maximum Gasteiger partial charge on any atom is 0.0712 e. The Bertz CT molecular complexity index is 339. The molecule has 3 nitrogen and oxygen atoms in total. The Balaban J connectivity index is 2.74. The molecule has 1 rings (SSSR count). The van der Waals surface area contributed by atoms with Gasteiger partial charge in [0.1, 0.15) is 0 Å². The standard InChI is InChI=1S/C13H22N2O/c1-9-5-6-12(7-10(9)2)8-13(15-14)11(3)16-4/h5-7,11,13,15H,8,14H2,1-4H3. The predicted molar refractivity (Wildman–Crippen MR) is 67.2 cm³/mol. The minimum absolute atomic E-state index is 0.103. The van der Waals surface area contributed by atoms with Crippen molar-refractivity contribution >= 4 is 0 Å². The molecule has 0 fully saturated rings. The molecule has 16 heavy (non-hydrogen) atoms. The van der Waals surface area contributed by atoms with Gasteiger partial charge in [-0.05, 0) is 43.9 Å². The number of methoxy groups -OCH3 is 1. The van der Waals surface area contributed by atoms with E-state index in [-0.39, 0.29) is 12.1 Å². The number of rotatable bonds is 5. The van der Waals surface area contributed by atoms with E-state index in [9.17, 15) is 0 Å². The van der Waals surface area contributed by atoms with Crippen LogP contribution in [0.15, 0.2) is 18.2 Å². The molecule has 0 heterocycles. The Morgan fingerprint density at radius 2 is 2.00 bits per heavy atom. The molecule has 2 unspecified atom stereocenters. The molecule has 0 bridgehead atoms. The molecule has 0 aliphatic rings. The Morgan fingerprint density at radius 3 is 2.50 bits per heavy atom. The molecule has 1 aromatic rings. The highest BCUT2D eigenvalue weighted by Gasteiger charge is 2.15. The van der Waals surface area contributed by atoms with Crippen molar-refractivity contribution in [1.29, 1.82) is 0 Å². The molecular formula is C13H22N2O. The van der Waals surface area contributed by atoms with E-state index in [0.717, 1.165) is 6.42 Å². The van der Waals surface area contributed by atoms with Crippen LogP contribution in [-0.2, 0) is 11.2 Å². The van der Waals surface area contributed by atoms with E-state index in [0.29, 0.717) is 0 Å². The van der Waals surface area contributed by atoms with Gasteiger partial charge in [-0.3, -0.25) is 11.3 Å². The van der Waals surface area contributed by atoms with E-state index in [4.69, 9.17) is 10.6 Å². The summed E-state index contributed by atoms with van der Waals surface area (Å²) in [6.45, 7) is 6.27. The highest BCUT2D eigenvalue weighted by molar-refractivity contribution is 5.30. The van der Waals surface area contributed by atoms with Gasteiger partial charge in [-0.25, -0.2) is 0 Å². The van der Waals surface area contributed by atoms with Gasteiger partial charge < -0.3 is 4.74 Å². The van der Waals surface area contributed by atoms with Gasteiger partial charge in [-0.1, -0.05) is 18.2 Å². The molecule has 0 radical (unpaired) electrons. The number of nitrogens with two attached hydrogens (primary N) is 1. The van der Waals surface area contributed by atoms with Crippen molar-refractivity contribution in [2.24, 2.45) is 5.84 Å².